The number of sulfonamides is 1. The number of benzene rings is 1. The molecule has 0 saturated heterocycles. The summed E-state index contributed by atoms with van der Waals surface area (Å²) in [4.78, 5) is 0.149. The van der Waals surface area contributed by atoms with Crippen LogP contribution in [0, 0.1) is 6.92 Å². The number of furan rings is 1. The predicted octanol–water partition coefficient (Wildman–Crippen LogP) is 1.73. The lowest BCUT2D eigenvalue weighted by Gasteiger charge is -2.08. The Morgan fingerprint density at radius 1 is 1.36 bits per heavy atom. The average Bonchev–Trinajstić information content (AvgIpc) is 3.08. The van der Waals surface area contributed by atoms with Gasteiger partial charge in [-0.3, -0.25) is 9.40 Å². The van der Waals surface area contributed by atoms with E-state index in [1.807, 2.05) is 0 Å². The molecular weight excluding hydrogens is 306 g/mol. The third-order valence-corrected chi connectivity index (χ3v) is 4.76. The number of fused-ring (bicyclic) bond motifs is 1. The van der Waals surface area contributed by atoms with E-state index in [0.29, 0.717) is 23.5 Å². The standard InChI is InChI=1S/C14H15N3O4S/c1-10-13(9-15-17(10)5-6-18)16-22(19,20)12-2-3-14-11(8-12)4-7-21-14/h2-4,7-9,16,18H,5-6H2,1H3. The van der Waals surface area contributed by atoms with Gasteiger partial charge in [0, 0.05) is 5.39 Å². The zero-order valence-corrected chi connectivity index (χ0v) is 12.7. The van der Waals surface area contributed by atoms with Gasteiger partial charge < -0.3 is 9.52 Å². The summed E-state index contributed by atoms with van der Waals surface area (Å²) in [5, 5.41) is 13.7. The van der Waals surface area contributed by atoms with Gasteiger partial charge in [-0.2, -0.15) is 5.10 Å². The smallest absolute Gasteiger partial charge is 0.262 e. The second-order valence-corrected chi connectivity index (χ2v) is 6.50. The number of nitrogens with zero attached hydrogens (tertiary/aromatic N) is 2. The topological polar surface area (TPSA) is 97.4 Å². The SMILES string of the molecule is Cc1c(NS(=O)(=O)c2ccc3occc3c2)cnn1CCO. The van der Waals surface area contributed by atoms with Crippen LogP contribution in [0.3, 0.4) is 0 Å². The molecule has 0 atom stereocenters. The fourth-order valence-corrected chi connectivity index (χ4v) is 3.32. The highest BCUT2D eigenvalue weighted by Crippen LogP contribution is 2.23. The molecule has 7 nitrogen and oxygen atoms in total. The van der Waals surface area contributed by atoms with Crippen molar-refractivity contribution in [2.45, 2.75) is 18.4 Å². The number of aromatic nitrogens is 2. The first-order valence-electron chi connectivity index (χ1n) is 6.64. The molecular formula is C14H15N3O4S. The third kappa shape index (κ3) is 2.58. The molecule has 116 valence electrons. The maximum atomic E-state index is 12.5. The predicted molar refractivity (Wildman–Crippen MR) is 81.1 cm³/mol. The molecule has 22 heavy (non-hydrogen) atoms. The van der Waals surface area contributed by atoms with Crippen molar-refractivity contribution < 1.29 is 17.9 Å². The molecule has 2 N–H and O–H groups in total. The Bertz CT molecular complexity index is 911. The van der Waals surface area contributed by atoms with Crippen LogP contribution in [0.15, 0.2) is 46.0 Å². The number of nitrogens with one attached hydrogen (secondary N) is 1. The van der Waals surface area contributed by atoms with Crippen molar-refractivity contribution in [2.75, 3.05) is 11.3 Å². The Kier molecular flexibility index (Phi) is 3.63. The van der Waals surface area contributed by atoms with Gasteiger partial charge in [-0.1, -0.05) is 0 Å². The Morgan fingerprint density at radius 3 is 2.95 bits per heavy atom. The van der Waals surface area contributed by atoms with Crippen LogP contribution in [0.2, 0.25) is 0 Å². The lowest BCUT2D eigenvalue weighted by molar-refractivity contribution is 0.268. The van der Waals surface area contributed by atoms with Gasteiger partial charge >= 0.3 is 0 Å². The zero-order chi connectivity index (χ0) is 15.7. The molecule has 0 aliphatic carbocycles. The van der Waals surface area contributed by atoms with Gasteiger partial charge in [-0.15, -0.1) is 0 Å². The molecule has 3 aromatic rings. The van der Waals surface area contributed by atoms with Crippen LogP contribution in [0.4, 0.5) is 5.69 Å². The highest BCUT2D eigenvalue weighted by molar-refractivity contribution is 7.92. The first-order valence-corrected chi connectivity index (χ1v) is 8.13. The molecule has 0 amide bonds. The summed E-state index contributed by atoms with van der Waals surface area (Å²) >= 11 is 0. The van der Waals surface area contributed by atoms with E-state index in [1.54, 1.807) is 25.1 Å². The van der Waals surface area contributed by atoms with Crippen LogP contribution < -0.4 is 4.72 Å². The van der Waals surface area contributed by atoms with E-state index in [0.717, 1.165) is 5.39 Å². The molecule has 2 heterocycles. The van der Waals surface area contributed by atoms with Crippen LogP contribution in [-0.2, 0) is 16.6 Å². The lowest BCUT2D eigenvalue weighted by atomic mass is 10.3. The van der Waals surface area contributed by atoms with E-state index >= 15 is 0 Å². The molecule has 8 heteroatoms. The average molecular weight is 321 g/mol. The summed E-state index contributed by atoms with van der Waals surface area (Å²) in [6.45, 7) is 1.99. The van der Waals surface area contributed by atoms with Crippen LogP contribution >= 0.6 is 0 Å². The van der Waals surface area contributed by atoms with Crippen LogP contribution in [-0.4, -0.2) is 29.9 Å². The summed E-state index contributed by atoms with van der Waals surface area (Å²) in [7, 11) is -3.71. The Hall–Kier alpha value is -2.32. The highest BCUT2D eigenvalue weighted by Gasteiger charge is 2.18. The maximum Gasteiger partial charge on any atom is 0.262 e. The number of rotatable bonds is 5. The van der Waals surface area contributed by atoms with Gasteiger partial charge in [0.05, 0.1) is 41.9 Å². The minimum absolute atomic E-state index is 0.0636. The molecule has 0 spiro atoms. The van der Waals surface area contributed by atoms with Crippen molar-refractivity contribution in [1.82, 2.24) is 9.78 Å². The largest absolute Gasteiger partial charge is 0.464 e. The molecule has 0 radical (unpaired) electrons. The van der Waals surface area contributed by atoms with Crippen molar-refractivity contribution in [3.8, 4) is 0 Å². The van der Waals surface area contributed by atoms with E-state index in [2.05, 4.69) is 9.82 Å². The second kappa shape index (κ2) is 5.47. The van der Waals surface area contributed by atoms with E-state index in [-0.39, 0.29) is 11.5 Å². The van der Waals surface area contributed by atoms with E-state index in [1.165, 1.54) is 23.2 Å². The van der Waals surface area contributed by atoms with Crippen LogP contribution in [0.1, 0.15) is 5.69 Å². The number of aliphatic hydroxyl groups is 1. The molecule has 0 aliphatic heterocycles. The molecule has 0 aliphatic rings. The van der Waals surface area contributed by atoms with Crippen LogP contribution in [0.5, 0.6) is 0 Å². The van der Waals surface area contributed by atoms with Crippen molar-refractivity contribution in [1.29, 1.82) is 0 Å². The summed E-state index contributed by atoms with van der Waals surface area (Å²) in [6, 6.07) is 6.36. The van der Waals surface area contributed by atoms with Crippen LogP contribution in [0.25, 0.3) is 11.0 Å². The minimum atomic E-state index is -3.71. The molecule has 2 aromatic heterocycles. The van der Waals surface area contributed by atoms with Gasteiger partial charge in [0.2, 0.25) is 0 Å². The van der Waals surface area contributed by atoms with Gasteiger partial charge in [0.25, 0.3) is 10.0 Å². The molecule has 0 unspecified atom stereocenters. The zero-order valence-electron chi connectivity index (χ0n) is 11.9. The highest BCUT2D eigenvalue weighted by atomic mass is 32.2. The monoisotopic (exact) mass is 321 g/mol. The maximum absolute atomic E-state index is 12.5. The molecule has 3 rings (SSSR count). The molecule has 0 saturated carbocycles. The Morgan fingerprint density at radius 2 is 2.18 bits per heavy atom. The molecule has 1 aromatic carbocycles. The third-order valence-electron chi connectivity index (χ3n) is 3.39. The second-order valence-electron chi connectivity index (χ2n) is 4.82. The number of anilines is 1. The van der Waals surface area contributed by atoms with Crippen molar-refractivity contribution in [3.05, 3.63) is 42.4 Å². The quantitative estimate of drug-likeness (QED) is 0.746. The summed E-state index contributed by atoms with van der Waals surface area (Å²) in [6.07, 6.45) is 2.94. The Labute approximate surface area is 127 Å². The van der Waals surface area contributed by atoms with E-state index in [4.69, 9.17) is 9.52 Å². The number of hydrogen-bond donors (Lipinski definition) is 2. The normalized spacial score (nSPS) is 11.9. The minimum Gasteiger partial charge on any atom is -0.464 e. The van der Waals surface area contributed by atoms with Gasteiger partial charge in [-0.25, -0.2) is 8.42 Å². The van der Waals surface area contributed by atoms with Gasteiger partial charge in [0.1, 0.15) is 5.58 Å². The lowest BCUT2D eigenvalue weighted by Crippen LogP contribution is -2.14. The molecule has 0 fully saturated rings. The van der Waals surface area contributed by atoms with Gasteiger partial charge in [0.15, 0.2) is 0 Å². The number of hydrogen-bond acceptors (Lipinski definition) is 5. The fraction of sp³-hybridized carbons (Fsp3) is 0.214. The van der Waals surface area contributed by atoms with Crippen molar-refractivity contribution in [3.63, 3.8) is 0 Å². The van der Waals surface area contributed by atoms with E-state index in [9.17, 15) is 8.42 Å². The number of aliphatic hydroxyl groups excluding tert-OH is 1. The summed E-state index contributed by atoms with van der Waals surface area (Å²) < 4.78 is 34.2. The van der Waals surface area contributed by atoms with Crippen molar-refractivity contribution >= 4 is 26.7 Å². The van der Waals surface area contributed by atoms with Gasteiger partial charge in [-0.05, 0) is 31.2 Å². The molecule has 0 bridgehead atoms. The Balaban J connectivity index is 1.92. The van der Waals surface area contributed by atoms with Crippen molar-refractivity contribution in [2.24, 2.45) is 0 Å². The fourth-order valence-electron chi connectivity index (χ4n) is 2.18. The first kappa shape index (κ1) is 14.6. The van der Waals surface area contributed by atoms with E-state index < -0.39 is 10.0 Å². The summed E-state index contributed by atoms with van der Waals surface area (Å²) in [5.74, 6) is 0. The first-order chi connectivity index (χ1) is 10.5. The summed E-state index contributed by atoms with van der Waals surface area (Å²) in [5.41, 5.74) is 1.66.